The molecule has 1 N–H and O–H groups in total. The minimum absolute atomic E-state index is 0.0789. The Bertz CT molecular complexity index is 734. The third kappa shape index (κ3) is 4.74. The van der Waals surface area contributed by atoms with E-state index in [0.29, 0.717) is 5.92 Å². The molecular formula is C18H27ClN2O3S. The molecule has 140 valence electrons. The number of halogens is 1. The monoisotopic (exact) mass is 386 g/mol. The molecule has 0 aliphatic heterocycles. The van der Waals surface area contributed by atoms with Crippen LogP contribution in [0.5, 0.6) is 0 Å². The van der Waals surface area contributed by atoms with Gasteiger partial charge in [-0.1, -0.05) is 31.4 Å². The van der Waals surface area contributed by atoms with Crippen molar-refractivity contribution in [3.8, 4) is 0 Å². The van der Waals surface area contributed by atoms with E-state index in [9.17, 15) is 13.2 Å². The van der Waals surface area contributed by atoms with Gasteiger partial charge in [-0.3, -0.25) is 4.79 Å². The van der Waals surface area contributed by atoms with Gasteiger partial charge in [-0.05, 0) is 50.8 Å². The van der Waals surface area contributed by atoms with Gasteiger partial charge in [0.15, 0.2) is 0 Å². The van der Waals surface area contributed by atoms with Crippen molar-refractivity contribution in [1.29, 1.82) is 0 Å². The molecule has 1 amide bonds. The van der Waals surface area contributed by atoms with Crippen LogP contribution in [0.4, 0.5) is 0 Å². The largest absolute Gasteiger partial charge is 0.349 e. The van der Waals surface area contributed by atoms with Gasteiger partial charge in [0.05, 0.1) is 15.5 Å². The normalized spacial score (nSPS) is 21.6. The molecule has 0 heterocycles. The molecule has 0 bridgehead atoms. The lowest BCUT2D eigenvalue weighted by Gasteiger charge is -2.27. The van der Waals surface area contributed by atoms with E-state index < -0.39 is 10.0 Å². The van der Waals surface area contributed by atoms with Crippen LogP contribution in [-0.4, -0.2) is 37.8 Å². The van der Waals surface area contributed by atoms with Crippen molar-refractivity contribution >= 4 is 27.5 Å². The smallest absolute Gasteiger partial charge is 0.253 e. The number of carbonyl (C=O) groups excluding carboxylic acids is 1. The van der Waals surface area contributed by atoms with Crippen LogP contribution < -0.4 is 5.32 Å². The Labute approximate surface area is 155 Å². The molecule has 2 rings (SSSR count). The van der Waals surface area contributed by atoms with E-state index >= 15 is 0 Å². The van der Waals surface area contributed by atoms with Crippen LogP contribution in [0.1, 0.15) is 56.8 Å². The van der Waals surface area contributed by atoms with Crippen molar-refractivity contribution in [2.45, 2.75) is 63.4 Å². The fourth-order valence-electron chi connectivity index (χ4n) is 3.11. The summed E-state index contributed by atoms with van der Waals surface area (Å²) < 4.78 is 26.6. The van der Waals surface area contributed by atoms with Crippen molar-refractivity contribution in [1.82, 2.24) is 9.62 Å². The van der Waals surface area contributed by atoms with Crippen molar-refractivity contribution < 1.29 is 13.2 Å². The highest BCUT2D eigenvalue weighted by Gasteiger charge is 2.26. The Kier molecular flexibility index (Phi) is 6.51. The third-order valence-corrected chi connectivity index (χ3v) is 7.22. The quantitative estimate of drug-likeness (QED) is 0.839. The summed E-state index contributed by atoms with van der Waals surface area (Å²) in [4.78, 5) is 12.7. The number of hydrogen-bond acceptors (Lipinski definition) is 3. The maximum absolute atomic E-state index is 12.6. The first-order valence-electron chi connectivity index (χ1n) is 8.71. The van der Waals surface area contributed by atoms with E-state index in [0.717, 1.165) is 19.3 Å². The number of benzene rings is 1. The molecule has 25 heavy (non-hydrogen) atoms. The van der Waals surface area contributed by atoms with Gasteiger partial charge in [0.2, 0.25) is 10.0 Å². The zero-order chi connectivity index (χ0) is 18.8. The molecule has 0 spiro atoms. The number of carbonyl (C=O) groups is 1. The van der Waals surface area contributed by atoms with Crippen molar-refractivity contribution in [3.05, 3.63) is 28.8 Å². The Balaban J connectivity index is 2.25. The van der Waals surface area contributed by atoms with Crippen molar-refractivity contribution in [2.24, 2.45) is 5.92 Å². The highest BCUT2D eigenvalue weighted by molar-refractivity contribution is 7.89. The van der Waals surface area contributed by atoms with Gasteiger partial charge in [0, 0.05) is 19.1 Å². The lowest BCUT2D eigenvalue weighted by Crippen LogP contribution is -2.38. The molecule has 1 aromatic carbocycles. The molecule has 0 aromatic heterocycles. The molecule has 1 fully saturated rings. The van der Waals surface area contributed by atoms with Gasteiger partial charge >= 0.3 is 0 Å². The summed E-state index contributed by atoms with van der Waals surface area (Å²) in [6.45, 7) is 5.77. The van der Waals surface area contributed by atoms with Gasteiger partial charge in [0.25, 0.3) is 5.91 Å². The average Bonchev–Trinajstić information content (AvgIpc) is 2.54. The highest BCUT2D eigenvalue weighted by Crippen LogP contribution is 2.26. The maximum Gasteiger partial charge on any atom is 0.253 e. The third-order valence-electron chi connectivity index (χ3n) is 4.86. The van der Waals surface area contributed by atoms with E-state index in [1.807, 2.05) is 0 Å². The van der Waals surface area contributed by atoms with Gasteiger partial charge in [-0.2, -0.15) is 4.31 Å². The summed E-state index contributed by atoms with van der Waals surface area (Å²) in [5.41, 5.74) is 0.207. The van der Waals surface area contributed by atoms with Gasteiger partial charge in [0.1, 0.15) is 0 Å². The fraction of sp³-hybridized carbons (Fsp3) is 0.611. The molecule has 1 saturated carbocycles. The van der Waals surface area contributed by atoms with E-state index in [2.05, 4.69) is 12.2 Å². The number of nitrogens with zero attached hydrogens (tertiary/aromatic N) is 1. The SMILES string of the molecule is CC1CCCC(NC(=O)c2cc(S(=O)(=O)N(C)C(C)C)ccc2Cl)C1. The predicted molar refractivity (Wildman–Crippen MR) is 100 cm³/mol. The fourth-order valence-corrected chi connectivity index (χ4v) is 4.71. The molecular weight excluding hydrogens is 360 g/mol. The predicted octanol–water partition coefficient (Wildman–Crippen LogP) is 3.68. The number of sulfonamides is 1. The van der Waals surface area contributed by atoms with Crippen LogP contribution in [0.15, 0.2) is 23.1 Å². The lowest BCUT2D eigenvalue weighted by molar-refractivity contribution is 0.0921. The molecule has 1 aliphatic rings. The number of nitrogens with one attached hydrogen (secondary N) is 1. The second kappa shape index (κ2) is 8.06. The first-order chi connectivity index (χ1) is 11.6. The minimum Gasteiger partial charge on any atom is -0.349 e. The molecule has 0 radical (unpaired) electrons. The van der Waals surface area contributed by atoms with Crippen LogP contribution in [0.3, 0.4) is 0 Å². The number of hydrogen-bond donors (Lipinski definition) is 1. The van der Waals surface area contributed by atoms with E-state index in [-0.39, 0.29) is 33.5 Å². The first kappa shape index (κ1) is 20.2. The lowest BCUT2D eigenvalue weighted by atomic mass is 9.87. The Morgan fingerprint density at radius 1 is 1.32 bits per heavy atom. The van der Waals surface area contributed by atoms with E-state index in [4.69, 9.17) is 11.6 Å². The molecule has 5 nitrogen and oxygen atoms in total. The van der Waals surface area contributed by atoms with Crippen LogP contribution >= 0.6 is 11.6 Å². The minimum atomic E-state index is -3.66. The van der Waals surface area contributed by atoms with Crippen LogP contribution in [-0.2, 0) is 10.0 Å². The van der Waals surface area contributed by atoms with E-state index in [1.165, 1.54) is 36.0 Å². The maximum atomic E-state index is 12.6. The Hall–Kier alpha value is -1.11. The number of rotatable bonds is 5. The second-order valence-corrected chi connectivity index (χ2v) is 9.60. The summed E-state index contributed by atoms with van der Waals surface area (Å²) in [6, 6.07) is 4.22. The van der Waals surface area contributed by atoms with Crippen molar-refractivity contribution in [3.63, 3.8) is 0 Å². The summed E-state index contributed by atoms with van der Waals surface area (Å²) in [5.74, 6) is 0.272. The summed E-state index contributed by atoms with van der Waals surface area (Å²) in [5, 5.41) is 3.26. The van der Waals surface area contributed by atoms with Crippen LogP contribution in [0.25, 0.3) is 0 Å². The summed E-state index contributed by atoms with van der Waals surface area (Å²) in [6.07, 6.45) is 4.16. The molecule has 7 heteroatoms. The van der Waals surface area contributed by atoms with Gasteiger partial charge < -0.3 is 5.32 Å². The molecule has 2 unspecified atom stereocenters. The molecule has 2 atom stereocenters. The molecule has 0 saturated heterocycles. The Morgan fingerprint density at radius 2 is 2.00 bits per heavy atom. The van der Waals surface area contributed by atoms with E-state index in [1.54, 1.807) is 13.8 Å². The second-order valence-electron chi connectivity index (χ2n) is 7.20. The standard InChI is InChI=1S/C18H27ClN2O3S/c1-12(2)21(4)25(23,24)15-8-9-17(19)16(11-15)18(22)20-14-7-5-6-13(3)10-14/h8-9,11-14H,5-7,10H2,1-4H3,(H,20,22). The first-order valence-corrected chi connectivity index (χ1v) is 10.5. The zero-order valence-electron chi connectivity index (χ0n) is 15.3. The Morgan fingerprint density at radius 3 is 2.60 bits per heavy atom. The summed E-state index contributed by atoms with van der Waals surface area (Å²) in [7, 11) is -2.13. The zero-order valence-corrected chi connectivity index (χ0v) is 16.8. The molecule has 1 aromatic rings. The van der Waals surface area contributed by atoms with Crippen LogP contribution in [0, 0.1) is 5.92 Å². The highest BCUT2D eigenvalue weighted by atomic mass is 35.5. The van der Waals surface area contributed by atoms with Crippen molar-refractivity contribution in [2.75, 3.05) is 7.05 Å². The topological polar surface area (TPSA) is 66.5 Å². The average molecular weight is 387 g/mol. The number of amides is 1. The van der Waals surface area contributed by atoms with Gasteiger partial charge in [-0.15, -0.1) is 0 Å². The van der Waals surface area contributed by atoms with Crippen LogP contribution in [0.2, 0.25) is 5.02 Å². The summed E-state index contributed by atoms with van der Waals surface area (Å²) >= 11 is 6.16. The van der Waals surface area contributed by atoms with Gasteiger partial charge in [-0.25, -0.2) is 8.42 Å². The molecule has 1 aliphatic carbocycles.